The standard InChI is InChI=1S/C20H26O10.C8H10O3/c1-11(25-2)27-8-15(22)18(23)20(24)30-19-13(7-26-9-21)4-3-12-5-16-17(6-14(12)19)29-10-28-16;1-10-6-4-3-5-7(11-2)8(6)9/h5-6,9,11,13,19-20,22-24H,3-4,7-8,10H2,1-2H3;3-5,9H,1-2H3. The molecule has 4 N–H and O–H groups in total. The van der Waals surface area contributed by atoms with Crippen LogP contribution in [-0.4, -0.2) is 80.8 Å². The number of methoxy groups -OCH3 is 3. The molecule has 1 aliphatic heterocycles. The number of hydrogen-bond donors (Lipinski definition) is 4. The molecule has 0 saturated carbocycles. The van der Waals surface area contributed by atoms with Gasteiger partial charge in [-0.2, -0.15) is 0 Å². The van der Waals surface area contributed by atoms with Gasteiger partial charge in [0, 0.05) is 13.0 Å². The van der Waals surface area contributed by atoms with Crippen LogP contribution in [0.2, 0.25) is 0 Å². The number of benzene rings is 2. The van der Waals surface area contributed by atoms with Crippen molar-refractivity contribution in [3.8, 4) is 28.7 Å². The molecular weight excluding hydrogens is 544 g/mol. The van der Waals surface area contributed by atoms with Crippen LogP contribution in [0.1, 0.15) is 30.6 Å². The molecule has 4 rings (SSSR count). The van der Waals surface area contributed by atoms with Crippen LogP contribution < -0.4 is 18.9 Å². The number of aryl methyl sites for hydroxylation is 1. The molecule has 2 aliphatic rings. The lowest BCUT2D eigenvalue weighted by Crippen LogP contribution is -2.31. The highest BCUT2D eigenvalue weighted by atomic mass is 16.7. The van der Waals surface area contributed by atoms with Crippen LogP contribution in [0.4, 0.5) is 0 Å². The van der Waals surface area contributed by atoms with Crippen LogP contribution in [0.5, 0.6) is 28.7 Å². The third-order valence-electron chi connectivity index (χ3n) is 6.53. The van der Waals surface area contributed by atoms with Gasteiger partial charge in [-0.15, -0.1) is 0 Å². The van der Waals surface area contributed by atoms with Crippen LogP contribution in [0.25, 0.3) is 0 Å². The van der Waals surface area contributed by atoms with Gasteiger partial charge in [0.05, 0.1) is 26.9 Å². The molecule has 0 fully saturated rings. The van der Waals surface area contributed by atoms with Crippen LogP contribution in [0.3, 0.4) is 0 Å². The van der Waals surface area contributed by atoms with Crippen molar-refractivity contribution >= 4 is 6.47 Å². The lowest BCUT2D eigenvalue weighted by atomic mass is 9.81. The van der Waals surface area contributed by atoms with Gasteiger partial charge in [-0.3, -0.25) is 4.79 Å². The van der Waals surface area contributed by atoms with Gasteiger partial charge in [-0.25, -0.2) is 0 Å². The summed E-state index contributed by atoms with van der Waals surface area (Å²) in [5, 5.41) is 39.9. The predicted octanol–water partition coefficient (Wildman–Crippen LogP) is 3.27. The van der Waals surface area contributed by atoms with E-state index in [0.29, 0.717) is 42.3 Å². The molecule has 1 aliphatic carbocycles. The second-order valence-electron chi connectivity index (χ2n) is 9.00. The fraction of sp³-hybridized carbons (Fsp3) is 0.464. The Morgan fingerprint density at radius 2 is 1.76 bits per heavy atom. The Morgan fingerprint density at radius 1 is 1.10 bits per heavy atom. The van der Waals surface area contributed by atoms with E-state index in [9.17, 15) is 25.2 Å². The van der Waals surface area contributed by atoms with Gasteiger partial charge in [0.15, 0.2) is 40.8 Å². The minimum absolute atomic E-state index is 0.0394. The molecule has 0 saturated heterocycles. The number of phenols is 1. The van der Waals surface area contributed by atoms with Crippen LogP contribution in [0.15, 0.2) is 41.9 Å². The number of ether oxygens (including phenoxy) is 8. The van der Waals surface area contributed by atoms with Gasteiger partial charge in [-0.1, -0.05) is 6.07 Å². The summed E-state index contributed by atoms with van der Waals surface area (Å²) < 4.78 is 41.2. The Hall–Kier alpha value is -3.91. The molecule has 13 nitrogen and oxygen atoms in total. The Bertz CT molecular complexity index is 1160. The number of aromatic hydroxyl groups is 1. The van der Waals surface area contributed by atoms with Crippen molar-refractivity contribution in [3.63, 3.8) is 0 Å². The Balaban J connectivity index is 0.000000352. The monoisotopic (exact) mass is 580 g/mol. The van der Waals surface area contributed by atoms with Crippen molar-refractivity contribution in [2.45, 2.75) is 38.4 Å². The number of fused-ring (bicyclic) bond motifs is 2. The quantitative estimate of drug-likeness (QED) is 0.164. The largest absolute Gasteiger partial charge is 0.506 e. The van der Waals surface area contributed by atoms with E-state index in [1.807, 2.05) is 6.07 Å². The number of carbonyl (C=O) groups is 1. The summed E-state index contributed by atoms with van der Waals surface area (Å²) in [6.07, 6.45) is -1.87. The zero-order valence-electron chi connectivity index (χ0n) is 23.3. The Kier molecular flexibility index (Phi) is 11.7. The van der Waals surface area contributed by atoms with E-state index < -0.39 is 30.2 Å². The van der Waals surface area contributed by atoms with Crippen molar-refractivity contribution in [3.05, 3.63) is 53.0 Å². The molecule has 0 bridgehead atoms. The highest BCUT2D eigenvalue weighted by Gasteiger charge is 2.36. The van der Waals surface area contributed by atoms with Gasteiger partial charge >= 0.3 is 0 Å². The van der Waals surface area contributed by atoms with Crippen LogP contribution in [-0.2, 0) is 30.2 Å². The molecule has 0 aromatic heterocycles. The van der Waals surface area contributed by atoms with E-state index in [-0.39, 0.29) is 31.7 Å². The number of rotatable bonds is 12. The number of carbonyl (C=O) groups excluding carboxylic acids is 1. The zero-order valence-corrected chi connectivity index (χ0v) is 23.3. The third-order valence-corrected chi connectivity index (χ3v) is 6.53. The maximum atomic E-state index is 10.7. The lowest BCUT2D eigenvalue weighted by molar-refractivity contribution is -0.163. The first-order valence-electron chi connectivity index (χ1n) is 12.7. The predicted molar refractivity (Wildman–Crippen MR) is 142 cm³/mol. The smallest absolute Gasteiger partial charge is 0.293 e. The van der Waals surface area contributed by atoms with E-state index in [1.165, 1.54) is 21.3 Å². The van der Waals surface area contributed by atoms with E-state index >= 15 is 0 Å². The van der Waals surface area contributed by atoms with Crippen molar-refractivity contribution in [2.75, 3.05) is 41.3 Å². The van der Waals surface area contributed by atoms with Crippen molar-refractivity contribution < 1.29 is 63.1 Å². The summed E-state index contributed by atoms with van der Waals surface area (Å²) in [5.74, 6) is 0.400. The first kappa shape index (κ1) is 31.6. The fourth-order valence-electron chi connectivity index (χ4n) is 4.26. The molecule has 0 radical (unpaired) electrons. The highest BCUT2D eigenvalue weighted by molar-refractivity contribution is 5.51. The molecule has 1 heterocycles. The van der Waals surface area contributed by atoms with E-state index in [1.54, 1.807) is 31.2 Å². The number of aliphatic hydroxyl groups is 3. The first-order chi connectivity index (χ1) is 19.7. The molecule has 0 spiro atoms. The van der Waals surface area contributed by atoms with Gasteiger partial charge in [0.2, 0.25) is 18.8 Å². The van der Waals surface area contributed by atoms with E-state index in [4.69, 9.17) is 37.9 Å². The SMILES string of the molecule is COC(C)OCC(O)=C(O)C(O)OC1c2cc3c(cc2CCC1COC=O)OCO3.COc1cccc(OC)c1O. The Labute approximate surface area is 237 Å². The van der Waals surface area contributed by atoms with Gasteiger partial charge in [0.1, 0.15) is 6.61 Å². The molecule has 13 heteroatoms. The highest BCUT2D eigenvalue weighted by Crippen LogP contribution is 2.44. The summed E-state index contributed by atoms with van der Waals surface area (Å²) in [4.78, 5) is 10.7. The topological polar surface area (TPSA) is 172 Å². The average molecular weight is 581 g/mol. The maximum Gasteiger partial charge on any atom is 0.293 e. The zero-order chi connectivity index (χ0) is 29.9. The van der Waals surface area contributed by atoms with Crippen LogP contribution in [0, 0.1) is 5.92 Å². The van der Waals surface area contributed by atoms with Crippen molar-refractivity contribution in [1.29, 1.82) is 0 Å². The summed E-state index contributed by atoms with van der Waals surface area (Å²) in [6.45, 7) is 1.76. The number of hydrogen-bond acceptors (Lipinski definition) is 13. The van der Waals surface area contributed by atoms with E-state index in [2.05, 4.69) is 0 Å². The molecular formula is C28H36O13. The lowest BCUT2D eigenvalue weighted by Gasteiger charge is -2.34. The molecule has 41 heavy (non-hydrogen) atoms. The summed E-state index contributed by atoms with van der Waals surface area (Å²) in [7, 11) is 4.42. The minimum Gasteiger partial charge on any atom is -0.506 e. The number of para-hydroxylation sites is 1. The minimum atomic E-state index is -1.83. The average Bonchev–Trinajstić information content (AvgIpc) is 3.45. The first-order valence-corrected chi connectivity index (χ1v) is 12.7. The van der Waals surface area contributed by atoms with Gasteiger partial charge in [-0.05, 0) is 55.2 Å². The summed E-state index contributed by atoms with van der Waals surface area (Å²) in [5.41, 5.74) is 1.66. The third kappa shape index (κ3) is 8.07. The fourth-order valence-corrected chi connectivity index (χ4v) is 4.26. The summed E-state index contributed by atoms with van der Waals surface area (Å²) >= 11 is 0. The molecule has 4 atom stereocenters. The summed E-state index contributed by atoms with van der Waals surface area (Å²) in [6, 6.07) is 8.68. The Morgan fingerprint density at radius 3 is 2.37 bits per heavy atom. The van der Waals surface area contributed by atoms with Gasteiger partial charge < -0.3 is 58.3 Å². The molecule has 2 aromatic rings. The maximum absolute atomic E-state index is 10.7. The molecule has 4 unspecified atom stereocenters. The van der Waals surface area contributed by atoms with Crippen molar-refractivity contribution in [1.82, 2.24) is 0 Å². The van der Waals surface area contributed by atoms with E-state index in [0.717, 1.165) is 11.1 Å². The molecule has 0 amide bonds. The second-order valence-corrected chi connectivity index (χ2v) is 9.00. The molecule has 226 valence electrons. The van der Waals surface area contributed by atoms with Crippen molar-refractivity contribution in [2.24, 2.45) is 5.92 Å². The van der Waals surface area contributed by atoms with Crippen LogP contribution >= 0.6 is 0 Å². The number of aliphatic hydroxyl groups excluding tert-OH is 3. The normalized spacial score (nSPS) is 19.0. The van der Waals surface area contributed by atoms with Gasteiger partial charge in [0.25, 0.3) is 6.47 Å². The molecule has 2 aromatic carbocycles. The number of phenolic OH excluding ortho intramolecular Hbond substituents is 1. The second kappa shape index (κ2) is 15.2.